The molecule has 1 heteroatoms. The molecule has 0 saturated carbocycles. The van der Waals surface area contributed by atoms with Crippen LogP contribution in [-0.4, -0.2) is 23.5 Å². The van der Waals surface area contributed by atoms with Crippen molar-refractivity contribution in [3.63, 3.8) is 0 Å². The summed E-state index contributed by atoms with van der Waals surface area (Å²) in [6.45, 7) is 14.8. The summed E-state index contributed by atoms with van der Waals surface area (Å²) in [6, 6.07) is 0. The predicted octanol–water partition coefficient (Wildman–Crippen LogP) is 3.23. The molecule has 0 spiro atoms. The lowest BCUT2D eigenvalue weighted by Crippen LogP contribution is -2.42. The van der Waals surface area contributed by atoms with Crippen molar-refractivity contribution in [3.8, 4) is 11.8 Å². The van der Waals surface area contributed by atoms with Gasteiger partial charge in [0.1, 0.15) is 0 Å². The highest BCUT2D eigenvalue weighted by Gasteiger charge is 2.20. The van der Waals surface area contributed by atoms with Gasteiger partial charge in [-0.3, -0.25) is 4.90 Å². The molecule has 0 heterocycles. The average Bonchev–Trinajstić information content (AvgIpc) is 2.14. The van der Waals surface area contributed by atoms with Gasteiger partial charge in [-0.05, 0) is 46.4 Å². The smallest absolute Gasteiger partial charge is 0.0772 e. The van der Waals surface area contributed by atoms with Gasteiger partial charge in [0.25, 0.3) is 0 Å². The quantitative estimate of drug-likeness (QED) is 0.505. The molecule has 0 N–H and O–H groups in total. The molecule has 0 atom stereocenters. The number of rotatable bonds is 3. The molecule has 15 heavy (non-hydrogen) atoms. The second-order valence-electron chi connectivity index (χ2n) is 4.29. The third kappa shape index (κ3) is 5.47. The number of nitrogens with zero attached hydrogens (tertiary/aromatic N) is 1. The Kier molecular flexibility index (Phi) is 6.09. The van der Waals surface area contributed by atoms with Gasteiger partial charge in [0.2, 0.25) is 0 Å². The van der Waals surface area contributed by atoms with Crippen molar-refractivity contribution < 1.29 is 0 Å². The Morgan fingerprint density at radius 1 is 1.20 bits per heavy atom. The van der Waals surface area contributed by atoms with E-state index in [4.69, 9.17) is 0 Å². The maximum Gasteiger partial charge on any atom is 0.0772 e. The lowest BCUT2D eigenvalue weighted by molar-refractivity contribution is 0.189. The minimum absolute atomic E-state index is 0.0523. The van der Waals surface area contributed by atoms with Crippen LogP contribution < -0.4 is 0 Å². The van der Waals surface area contributed by atoms with E-state index in [-0.39, 0.29) is 5.54 Å². The molecule has 0 aliphatic carbocycles. The Morgan fingerprint density at radius 2 is 1.73 bits per heavy atom. The third-order valence-corrected chi connectivity index (χ3v) is 2.37. The normalized spacial score (nSPS) is 10.3. The molecule has 0 aromatic rings. The van der Waals surface area contributed by atoms with Crippen LogP contribution in [0.1, 0.15) is 41.5 Å². The molecule has 0 rings (SSSR count). The Labute approximate surface area is 94.9 Å². The zero-order valence-electron chi connectivity index (χ0n) is 10.9. The third-order valence-electron chi connectivity index (χ3n) is 2.37. The lowest BCUT2D eigenvalue weighted by Gasteiger charge is -2.32. The summed E-state index contributed by atoms with van der Waals surface area (Å²) in [7, 11) is 0. The van der Waals surface area contributed by atoms with E-state index in [1.165, 1.54) is 0 Å². The summed E-state index contributed by atoms with van der Waals surface area (Å²) < 4.78 is 0. The van der Waals surface area contributed by atoms with E-state index in [2.05, 4.69) is 50.2 Å². The number of hydrogen-bond acceptors (Lipinski definition) is 1. The highest BCUT2D eigenvalue weighted by Crippen LogP contribution is 2.11. The highest BCUT2D eigenvalue weighted by molar-refractivity contribution is 5.23. The fourth-order valence-corrected chi connectivity index (χ4v) is 1.49. The zero-order valence-corrected chi connectivity index (χ0v) is 10.9. The molecular weight excluding hydrogens is 182 g/mol. The van der Waals surface area contributed by atoms with E-state index in [0.29, 0.717) is 0 Å². The molecule has 0 bridgehead atoms. The molecule has 0 amide bonds. The largest absolute Gasteiger partial charge is 0.288 e. The van der Waals surface area contributed by atoms with Crippen molar-refractivity contribution in [1.82, 2.24) is 4.90 Å². The first kappa shape index (κ1) is 14.0. The number of allylic oxidation sites excluding steroid dienone is 1. The van der Waals surface area contributed by atoms with Gasteiger partial charge in [0, 0.05) is 6.08 Å². The Morgan fingerprint density at radius 3 is 2.13 bits per heavy atom. The Hall–Kier alpha value is -0.960. The van der Waals surface area contributed by atoms with Crippen LogP contribution >= 0.6 is 0 Å². The van der Waals surface area contributed by atoms with Crippen molar-refractivity contribution in [2.45, 2.75) is 47.1 Å². The van der Waals surface area contributed by atoms with Crippen LogP contribution in [0.25, 0.3) is 0 Å². The Balaban J connectivity index is 4.69. The summed E-state index contributed by atoms with van der Waals surface area (Å²) in [4.78, 5) is 2.34. The van der Waals surface area contributed by atoms with Gasteiger partial charge in [-0.15, -0.1) is 5.73 Å². The van der Waals surface area contributed by atoms with Gasteiger partial charge in [0.15, 0.2) is 0 Å². The van der Waals surface area contributed by atoms with Gasteiger partial charge >= 0.3 is 0 Å². The van der Waals surface area contributed by atoms with E-state index in [9.17, 15) is 0 Å². The van der Waals surface area contributed by atoms with Gasteiger partial charge in [-0.25, -0.2) is 0 Å². The van der Waals surface area contributed by atoms with Crippen LogP contribution in [0.15, 0.2) is 17.4 Å². The molecule has 0 unspecified atom stereocenters. The molecule has 0 aromatic heterocycles. The first-order valence-electron chi connectivity index (χ1n) is 5.60. The van der Waals surface area contributed by atoms with Crippen LogP contribution in [0.2, 0.25) is 0 Å². The summed E-state index contributed by atoms with van der Waals surface area (Å²) in [5.74, 6) is 6.32. The molecule has 0 saturated heterocycles. The van der Waals surface area contributed by atoms with Crippen LogP contribution in [0.3, 0.4) is 0 Å². The molecule has 0 fully saturated rings. The maximum atomic E-state index is 3.26. The molecule has 84 valence electrons. The standard InChI is InChI=1S/C14H23N/c1-7-15(8-2)14(5,6)12-10-9-11-13(3)4/h9H,7-8H2,1-6H3. The topological polar surface area (TPSA) is 3.24 Å². The second-order valence-corrected chi connectivity index (χ2v) is 4.29. The van der Waals surface area contributed by atoms with Crippen molar-refractivity contribution >= 4 is 0 Å². The molecule has 0 aliphatic heterocycles. The minimum Gasteiger partial charge on any atom is -0.288 e. The fourth-order valence-electron chi connectivity index (χ4n) is 1.49. The molecule has 0 aromatic carbocycles. The zero-order chi connectivity index (χ0) is 11.9. The molecule has 0 aliphatic rings. The monoisotopic (exact) mass is 205 g/mol. The van der Waals surface area contributed by atoms with Gasteiger partial charge in [0.05, 0.1) is 5.54 Å². The summed E-state index contributed by atoms with van der Waals surface area (Å²) in [6.07, 6.45) is 1.81. The van der Waals surface area contributed by atoms with Gasteiger partial charge in [-0.2, -0.15) is 0 Å². The average molecular weight is 205 g/mol. The lowest BCUT2D eigenvalue weighted by atomic mass is 10.0. The van der Waals surface area contributed by atoms with Gasteiger partial charge < -0.3 is 0 Å². The molecular formula is C14H23N. The van der Waals surface area contributed by atoms with E-state index in [1.54, 1.807) is 6.08 Å². The van der Waals surface area contributed by atoms with Crippen molar-refractivity contribution in [1.29, 1.82) is 0 Å². The van der Waals surface area contributed by atoms with Crippen molar-refractivity contribution in [2.75, 3.05) is 13.1 Å². The van der Waals surface area contributed by atoms with Gasteiger partial charge in [-0.1, -0.05) is 25.7 Å². The summed E-state index contributed by atoms with van der Waals surface area (Å²) in [5.41, 5.74) is 4.20. The van der Waals surface area contributed by atoms with E-state index >= 15 is 0 Å². The van der Waals surface area contributed by atoms with Crippen LogP contribution in [0.4, 0.5) is 0 Å². The van der Waals surface area contributed by atoms with Crippen LogP contribution in [-0.2, 0) is 0 Å². The summed E-state index contributed by atoms with van der Waals surface area (Å²) in [5, 5.41) is 0. The molecule has 0 radical (unpaired) electrons. The molecule has 1 nitrogen and oxygen atoms in total. The first-order valence-corrected chi connectivity index (χ1v) is 5.60. The second kappa shape index (κ2) is 6.51. The van der Waals surface area contributed by atoms with E-state index < -0.39 is 0 Å². The maximum absolute atomic E-state index is 3.26. The van der Waals surface area contributed by atoms with Crippen molar-refractivity contribution in [2.24, 2.45) is 0 Å². The minimum atomic E-state index is -0.0523. The van der Waals surface area contributed by atoms with E-state index in [0.717, 1.165) is 18.7 Å². The van der Waals surface area contributed by atoms with Crippen molar-refractivity contribution in [3.05, 3.63) is 17.4 Å². The summed E-state index contributed by atoms with van der Waals surface area (Å²) >= 11 is 0. The van der Waals surface area contributed by atoms with Crippen LogP contribution in [0.5, 0.6) is 0 Å². The fraction of sp³-hybridized carbons (Fsp3) is 0.643. The van der Waals surface area contributed by atoms with Crippen LogP contribution in [0, 0.1) is 11.8 Å². The first-order chi connectivity index (χ1) is 6.94. The Bertz CT molecular complexity index is 298. The highest BCUT2D eigenvalue weighted by atomic mass is 15.2. The number of hydrogen-bond donors (Lipinski definition) is 0. The SMILES string of the molecule is CCN(CC)C(C)(C)C#CC=C=C(C)C. The van der Waals surface area contributed by atoms with E-state index in [1.807, 2.05) is 13.8 Å². The predicted molar refractivity (Wildman–Crippen MR) is 67.7 cm³/mol.